The molecule has 0 bridgehead atoms. The molecule has 19 heavy (non-hydrogen) atoms. The van der Waals surface area contributed by atoms with Gasteiger partial charge in [0.05, 0.1) is 18.8 Å². The Kier molecular flexibility index (Phi) is 3.87. The van der Waals surface area contributed by atoms with Gasteiger partial charge in [-0.3, -0.25) is 0 Å². The maximum Gasteiger partial charge on any atom is 0.106 e. The first kappa shape index (κ1) is 13.1. The third-order valence-electron chi connectivity index (χ3n) is 4.52. The summed E-state index contributed by atoms with van der Waals surface area (Å²) in [6.45, 7) is 2.05. The molecule has 104 valence electrons. The van der Waals surface area contributed by atoms with Crippen LogP contribution < -0.4 is 5.73 Å². The van der Waals surface area contributed by atoms with E-state index in [0.29, 0.717) is 13.2 Å². The van der Waals surface area contributed by atoms with Crippen LogP contribution in [0.2, 0.25) is 0 Å². The van der Waals surface area contributed by atoms with Gasteiger partial charge in [0.2, 0.25) is 0 Å². The predicted molar refractivity (Wildman–Crippen MR) is 75.0 cm³/mol. The van der Waals surface area contributed by atoms with E-state index in [1.54, 1.807) is 0 Å². The number of hydrogen-bond donors (Lipinski definition) is 1. The molecule has 0 spiro atoms. The van der Waals surface area contributed by atoms with Gasteiger partial charge in [0.25, 0.3) is 0 Å². The summed E-state index contributed by atoms with van der Waals surface area (Å²) in [5.41, 5.74) is 8.52. The maximum atomic E-state index is 6.19. The average Bonchev–Trinajstić information content (AvgIpc) is 2.94. The van der Waals surface area contributed by atoms with Crippen molar-refractivity contribution in [2.24, 2.45) is 5.73 Å². The molecule has 1 atom stereocenters. The van der Waals surface area contributed by atoms with Gasteiger partial charge in [-0.1, -0.05) is 37.1 Å². The van der Waals surface area contributed by atoms with E-state index in [-0.39, 0.29) is 11.7 Å². The number of fused-ring (bicyclic) bond motifs is 1. The molecule has 0 aromatic heterocycles. The lowest BCUT2D eigenvalue weighted by molar-refractivity contribution is -0.0943. The van der Waals surface area contributed by atoms with E-state index in [1.165, 1.54) is 24.0 Å². The monoisotopic (exact) mass is 261 g/mol. The minimum atomic E-state index is -0.0875. The Balaban J connectivity index is 1.68. The molecule has 1 aliphatic carbocycles. The third kappa shape index (κ3) is 2.69. The number of nitrogens with two attached hydrogens (primary N) is 1. The second-order valence-corrected chi connectivity index (χ2v) is 5.71. The van der Waals surface area contributed by atoms with Crippen LogP contribution in [0.25, 0.3) is 0 Å². The molecular weight excluding hydrogens is 238 g/mol. The summed E-state index contributed by atoms with van der Waals surface area (Å²) in [4.78, 5) is 0. The fourth-order valence-electron chi connectivity index (χ4n) is 3.29. The topological polar surface area (TPSA) is 44.5 Å². The molecule has 0 radical (unpaired) electrons. The Morgan fingerprint density at radius 2 is 2.05 bits per heavy atom. The Hall–Kier alpha value is -0.900. The lowest BCUT2D eigenvalue weighted by atomic mass is 9.97. The van der Waals surface area contributed by atoms with Crippen molar-refractivity contribution in [1.82, 2.24) is 0 Å². The summed E-state index contributed by atoms with van der Waals surface area (Å²) in [6.07, 6.45) is 5.75. The highest BCUT2D eigenvalue weighted by Crippen LogP contribution is 2.35. The van der Waals surface area contributed by atoms with E-state index in [1.807, 2.05) is 0 Å². The molecule has 3 rings (SSSR count). The molecule has 2 aliphatic rings. The number of rotatable bonds is 4. The van der Waals surface area contributed by atoms with E-state index in [9.17, 15) is 0 Å². The summed E-state index contributed by atoms with van der Waals surface area (Å²) in [7, 11) is 0. The zero-order chi connectivity index (χ0) is 13.1. The van der Waals surface area contributed by atoms with Crippen LogP contribution in [0, 0.1) is 0 Å². The summed E-state index contributed by atoms with van der Waals surface area (Å²) in [6, 6.07) is 8.53. The minimum absolute atomic E-state index is 0.0778. The molecule has 1 saturated carbocycles. The third-order valence-corrected chi connectivity index (χ3v) is 4.52. The molecule has 1 aromatic carbocycles. The molecule has 3 nitrogen and oxygen atoms in total. The van der Waals surface area contributed by atoms with Gasteiger partial charge in [-0.05, 0) is 30.4 Å². The van der Waals surface area contributed by atoms with Crippen molar-refractivity contribution >= 4 is 0 Å². The number of benzene rings is 1. The molecule has 0 amide bonds. The van der Waals surface area contributed by atoms with Gasteiger partial charge < -0.3 is 15.2 Å². The fraction of sp³-hybridized carbons (Fsp3) is 0.625. The molecule has 1 heterocycles. The Labute approximate surface area is 115 Å². The molecule has 2 N–H and O–H groups in total. The summed E-state index contributed by atoms with van der Waals surface area (Å²) >= 11 is 0. The fourth-order valence-corrected chi connectivity index (χ4v) is 3.29. The van der Waals surface area contributed by atoms with Crippen LogP contribution in [0.15, 0.2) is 24.3 Å². The Bertz CT molecular complexity index is 427. The van der Waals surface area contributed by atoms with Crippen molar-refractivity contribution < 1.29 is 9.47 Å². The van der Waals surface area contributed by atoms with Crippen LogP contribution in [0.5, 0.6) is 0 Å². The zero-order valence-electron chi connectivity index (χ0n) is 11.4. The highest BCUT2D eigenvalue weighted by molar-refractivity contribution is 5.30. The van der Waals surface area contributed by atoms with Crippen molar-refractivity contribution in [3.05, 3.63) is 35.4 Å². The Morgan fingerprint density at radius 1 is 1.26 bits per heavy atom. The van der Waals surface area contributed by atoms with E-state index in [4.69, 9.17) is 15.2 Å². The highest BCUT2D eigenvalue weighted by atomic mass is 16.5. The Morgan fingerprint density at radius 3 is 2.84 bits per heavy atom. The van der Waals surface area contributed by atoms with Crippen molar-refractivity contribution in [1.29, 1.82) is 0 Å². The van der Waals surface area contributed by atoms with Gasteiger partial charge >= 0.3 is 0 Å². The van der Waals surface area contributed by atoms with Gasteiger partial charge in [0, 0.05) is 6.54 Å². The molecular formula is C16H23NO2. The normalized spacial score (nSPS) is 25.2. The first-order valence-corrected chi connectivity index (χ1v) is 7.36. The molecule has 3 heteroatoms. The van der Waals surface area contributed by atoms with Crippen molar-refractivity contribution in [2.45, 2.75) is 43.8 Å². The predicted octanol–water partition coefficient (Wildman–Crippen LogP) is 2.59. The highest BCUT2D eigenvalue weighted by Gasteiger charge is 2.34. The van der Waals surface area contributed by atoms with Crippen molar-refractivity contribution in [3.8, 4) is 0 Å². The average molecular weight is 261 g/mol. The van der Waals surface area contributed by atoms with E-state index in [2.05, 4.69) is 24.3 Å². The molecule has 1 aliphatic heterocycles. The van der Waals surface area contributed by atoms with Gasteiger partial charge in [-0.15, -0.1) is 0 Å². The quantitative estimate of drug-likeness (QED) is 0.906. The summed E-state index contributed by atoms with van der Waals surface area (Å²) in [5.74, 6) is 0. The maximum absolute atomic E-state index is 6.19. The van der Waals surface area contributed by atoms with Crippen LogP contribution in [0.3, 0.4) is 0 Å². The SMILES string of the molecule is NCC1(OCC2OCCc3ccccc32)CCCC1. The molecule has 0 saturated heterocycles. The second-order valence-electron chi connectivity index (χ2n) is 5.71. The largest absolute Gasteiger partial charge is 0.371 e. The summed E-state index contributed by atoms with van der Waals surface area (Å²) < 4.78 is 12.1. The molecule has 1 aromatic rings. The van der Waals surface area contributed by atoms with Crippen molar-refractivity contribution in [2.75, 3.05) is 19.8 Å². The van der Waals surface area contributed by atoms with E-state index < -0.39 is 0 Å². The standard InChI is InChI=1S/C16H23NO2/c17-12-16(8-3-4-9-16)19-11-15-14-6-2-1-5-13(14)7-10-18-15/h1-2,5-6,15H,3-4,7-12,17H2. The number of ether oxygens (including phenoxy) is 2. The second kappa shape index (κ2) is 5.61. The van der Waals surface area contributed by atoms with Gasteiger partial charge in [0.15, 0.2) is 0 Å². The number of hydrogen-bond acceptors (Lipinski definition) is 3. The molecule has 1 unspecified atom stereocenters. The zero-order valence-corrected chi connectivity index (χ0v) is 11.4. The van der Waals surface area contributed by atoms with Gasteiger partial charge in [-0.2, -0.15) is 0 Å². The van der Waals surface area contributed by atoms with E-state index >= 15 is 0 Å². The van der Waals surface area contributed by atoms with Gasteiger partial charge in [-0.25, -0.2) is 0 Å². The smallest absolute Gasteiger partial charge is 0.106 e. The van der Waals surface area contributed by atoms with Crippen molar-refractivity contribution in [3.63, 3.8) is 0 Å². The van der Waals surface area contributed by atoms with Crippen LogP contribution in [0.1, 0.15) is 42.9 Å². The van der Waals surface area contributed by atoms with Gasteiger partial charge in [0.1, 0.15) is 6.10 Å². The van der Waals surface area contributed by atoms with Crippen LogP contribution in [0.4, 0.5) is 0 Å². The lowest BCUT2D eigenvalue weighted by Gasteiger charge is -2.32. The van der Waals surface area contributed by atoms with Crippen LogP contribution in [-0.4, -0.2) is 25.4 Å². The first-order valence-electron chi connectivity index (χ1n) is 7.36. The lowest BCUT2D eigenvalue weighted by Crippen LogP contribution is -2.39. The van der Waals surface area contributed by atoms with E-state index in [0.717, 1.165) is 25.9 Å². The first-order chi connectivity index (χ1) is 9.33. The molecule has 1 fully saturated rings. The summed E-state index contributed by atoms with van der Waals surface area (Å²) in [5, 5.41) is 0. The van der Waals surface area contributed by atoms with Crippen LogP contribution >= 0.6 is 0 Å². The minimum Gasteiger partial charge on any atom is -0.371 e. The van der Waals surface area contributed by atoms with Crippen LogP contribution in [-0.2, 0) is 15.9 Å².